The van der Waals surface area contributed by atoms with Crippen LogP contribution in [0.1, 0.15) is 58.2 Å². The summed E-state index contributed by atoms with van der Waals surface area (Å²) in [5, 5.41) is 3.58. The molecule has 2 aromatic carbocycles. The fourth-order valence-electron chi connectivity index (χ4n) is 5.32. The van der Waals surface area contributed by atoms with Gasteiger partial charge in [-0.3, -0.25) is 9.59 Å². The minimum Gasteiger partial charge on any atom is -0.342 e. The van der Waals surface area contributed by atoms with Gasteiger partial charge in [0.05, 0.1) is 11.4 Å². The number of halogens is 1. The third kappa shape index (κ3) is 5.98. The van der Waals surface area contributed by atoms with Crippen molar-refractivity contribution in [1.29, 1.82) is 0 Å². The molecule has 2 amide bonds. The summed E-state index contributed by atoms with van der Waals surface area (Å²) < 4.78 is 0. The lowest BCUT2D eigenvalue weighted by atomic mass is 9.90. The van der Waals surface area contributed by atoms with E-state index < -0.39 is 0 Å². The first kappa shape index (κ1) is 25.0. The third-order valence-corrected chi connectivity index (χ3v) is 8.88. The van der Waals surface area contributed by atoms with Crippen LogP contribution in [0.5, 0.6) is 0 Å². The van der Waals surface area contributed by atoms with E-state index in [4.69, 9.17) is 16.6 Å². The zero-order chi connectivity index (χ0) is 24.9. The quantitative estimate of drug-likeness (QED) is 0.409. The highest BCUT2D eigenvalue weighted by Crippen LogP contribution is 2.31. The molecular formula is C29H32ClN3O2S. The summed E-state index contributed by atoms with van der Waals surface area (Å²) in [6.45, 7) is 3.03. The lowest BCUT2D eigenvalue weighted by Crippen LogP contribution is -2.39. The highest BCUT2D eigenvalue weighted by Gasteiger charge is 2.29. The number of carbonyl (C=O) groups is 2. The fourth-order valence-corrected chi connectivity index (χ4v) is 6.48. The van der Waals surface area contributed by atoms with E-state index in [0.717, 1.165) is 55.8 Å². The third-order valence-electron chi connectivity index (χ3n) is 7.51. The van der Waals surface area contributed by atoms with Crippen molar-refractivity contribution in [2.24, 2.45) is 5.92 Å². The van der Waals surface area contributed by atoms with E-state index in [1.165, 1.54) is 5.56 Å². The summed E-state index contributed by atoms with van der Waals surface area (Å²) in [5.74, 6) is 1.11. The number of nitrogens with zero attached hydrogens (tertiary/aromatic N) is 3. The van der Waals surface area contributed by atoms with Crippen molar-refractivity contribution in [2.45, 2.75) is 44.4 Å². The van der Waals surface area contributed by atoms with Gasteiger partial charge in [-0.1, -0.05) is 60.1 Å². The molecule has 0 spiro atoms. The van der Waals surface area contributed by atoms with Crippen molar-refractivity contribution >= 4 is 34.8 Å². The largest absolute Gasteiger partial charge is 0.342 e. The predicted molar refractivity (Wildman–Crippen MR) is 145 cm³/mol. The molecule has 2 saturated heterocycles. The fraction of sp³-hybridized carbons (Fsp3) is 0.414. The average Bonchev–Trinajstić information content (AvgIpc) is 3.41. The Bertz CT molecular complexity index is 1180. The number of amides is 2. The van der Waals surface area contributed by atoms with Crippen LogP contribution in [0.25, 0.3) is 0 Å². The SMILES string of the molecule is O=C(Cc1ccccc1Cl)N1CCC(c2nc(C(=O)N3CCC(Cc4ccccc4)CC3)cs2)CC1. The molecule has 188 valence electrons. The number of aromatic nitrogens is 1. The second-order valence-electron chi connectivity index (χ2n) is 9.92. The normalized spacial score (nSPS) is 17.4. The molecule has 0 atom stereocenters. The number of hydrogen-bond donors (Lipinski definition) is 0. The Morgan fingerprint density at radius 3 is 2.28 bits per heavy atom. The monoisotopic (exact) mass is 521 g/mol. The maximum Gasteiger partial charge on any atom is 0.273 e. The smallest absolute Gasteiger partial charge is 0.273 e. The van der Waals surface area contributed by atoms with Crippen LogP contribution in [0.3, 0.4) is 0 Å². The number of carbonyl (C=O) groups excluding carboxylic acids is 2. The average molecular weight is 522 g/mol. The molecule has 2 aliphatic heterocycles. The lowest BCUT2D eigenvalue weighted by molar-refractivity contribution is -0.131. The first-order chi connectivity index (χ1) is 17.6. The molecule has 0 saturated carbocycles. The van der Waals surface area contributed by atoms with Crippen LogP contribution in [-0.4, -0.2) is 52.8 Å². The van der Waals surface area contributed by atoms with E-state index in [0.29, 0.717) is 42.1 Å². The molecule has 36 heavy (non-hydrogen) atoms. The minimum absolute atomic E-state index is 0.0583. The molecule has 2 fully saturated rings. The number of piperidine rings is 2. The highest BCUT2D eigenvalue weighted by molar-refractivity contribution is 7.09. The molecule has 3 aromatic rings. The molecule has 1 aromatic heterocycles. The molecule has 5 nitrogen and oxygen atoms in total. The van der Waals surface area contributed by atoms with Gasteiger partial charge in [-0.15, -0.1) is 11.3 Å². The Balaban J connectivity index is 1.10. The van der Waals surface area contributed by atoms with Gasteiger partial charge in [0, 0.05) is 42.5 Å². The summed E-state index contributed by atoms with van der Waals surface area (Å²) >= 11 is 7.81. The van der Waals surface area contributed by atoms with Gasteiger partial charge in [-0.05, 0) is 55.2 Å². The van der Waals surface area contributed by atoms with Gasteiger partial charge in [-0.2, -0.15) is 0 Å². The second kappa shape index (κ2) is 11.6. The van der Waals surface area contributed by atoms with Crippen LogP contribution < -0.4 is 0 Å². The van der Waals surface area contributed by atoms with Crippen molar-refractivity contribution in [1.82, 2.24) is 14.8 Å². The van der Waals surface area contributed by atoms with Crippen molar-refractivity contribution < 1.29 is 9.59 Å². The molecular weight excluding hydrogens is 490 g/mol. The number of likely N-dealkylation sites (tertiary alicyclic amines) is 2. The number of benzene rings is 2. The van der Waals surface area contributed by atoms with Crippen LogP contribution in [0.15, 0.2) is 60.0 Å². The molecule has 0 unspecified atom stereocenters. The molecule has 2 aliphatic rings. The van der Waals surface area contributed by atoms with Gasteiger partial charge in [-0.25, -0.2) is 4.98 Å². The van der Waals surface area contributed by atoms with E-state index in [1.54, 1.807) is 11.3 Å². The molecule has 0 radical (unpaired) electrons. The zero-order valence-corrected chi connectivity index (χ0v) is 22.0. The van der Waals surface area contributed by atoms with Crippen LogP contribution in [0, 0.1) is 5.92 Å². The second-order valence-corrected chi connectivity index (χ2v) is 11.2. The molecule has 3 heterocycles. The van der Waals surface area contributed by atoms with Crippen molar-refractivity contribution in [3.63, 3.8) is 0 Å². The standard InChI is InChI=1S/C29H32ClN3O2S/c30-25-9-5-4-8-24(25)19-27(34)32-16-12-23(13-17-32)28-31-26(20-36-28)29(35)33-14-10-22(11-15-33)18-21-6-2-1-3-7-21/h1-9,20,22-23H,10-19H2. The highest BCUT2D eigenvalue weighted by atomic mass is 35.5. The van der Waals surface area contributed by atoms with Crippen LogP contribution in [0.2, 0.25) is 5.02 Å². The number of hydrogen-bond acceptors (Lipinski definition) is 4. The first-order valence-corrected chi connectivity index (χ1v) is 14.1. The molecule has 0 bridgehead atoms. The minimum atomic E-state index is 0.0583. The van der Waals surface area contributed by atoms with Crippen LogP contribution in [0.4, 0.5) is 0 Å². The van der Waals surface area contributed by atoms with Crippen molar-refractivity contribution in [2.75, 3.05) is 26.2 Å². The van der Waals surface area contributed by atoms with Crippen LogP contribution in [-0.2, 0) is 17.6 Å². The lowest BCUT2D eigenvalue weighted by Gasteiger charge is -2.32. The van der Waals surface area contributed by atoms with E-state index >= 15 is 0 Å². The van der Waals surface area contributed by atoms with E-state index in [-0.39, 0.29) is 11.8 Å². The zero-order valence-electron chi connectivity index (χ0n) is 20.4. The van der Waals surface area contributed by atoms with E-state index in [1.807, 2.05) is 39.4 Å². The topological polar surface area (TPSA) is 53.5 Å². The van der Waals surface area contributed by atoms with Gasteiger partial charge >= 0.3 is 0 Å². The maximum absolute atomic E-state index is 13.1. The Kier molecular flexibility index (Phi) is 8.02. The Labute approximate surface area is 222 Å². The maximum atomic E-state index is 13.1. The molecule has 0 N–H and O–H groups in total. The van der Waals surface area contributed by atoms with E-state index in [2.05, 4.69) is 30.3 Å². The predicted octanol–water partition coefficient (Wildman–Crippen LogP) is 5.84. The molecule has 7 heteroatoms. The summed E-state index contributed by atoms with van der Waals surface area (Å²) in [7, 11) is 0. The summed E-state index contributed by atoms with van der Waals surface area (Å²) in [6, 6.07) is 18.1. The molecule has 0 aliphatic carbocycles. The summed E-state index contributed by atoms with van der Waals surface area (Å²) in [4.78, 5) is 34.5. The van der Waals surface area contributed by atoms with E-state index in [9.17, 15) is 9.59 Å². The van der Waals surface area contributed by atoms with Gasteiger partial charge in [0.15, 0.2) is 0 Å². The number of thiazole rings is 1. The van der Waals surface area contributed by atoms with Crippen molar-refractivity contribution in [3.8, 4) is 0 Å². The first-order valence-electron chi connectivity index (χ1n) is 12.9. The number of rotatable bonds is 6. The van der Waals surface area contributed by atoms with Gasteiger partial charge in [0.2, 0.25) is 5.91 Å². The summed E-state index contributed by atoms with van der Waals surface area (Å²) in [5.41, 5.74) is 2.83. The van der Waals surface area contributed by atoms with Crippen molar-refractivity contribution in [3.05, 3.63) is 86.8 Å². The Morgan fingerprint density at radius 2 is 1.56 bits per heavy atom. The molecule has 5 rings (SSSR count). The Hall–Kier alpha value is -2.70. The van der Waals surface area contributed by atoms with Gasteiger partial charge in [0.25, 0.3) is 5.91 Å². The van der Waals surface area contributed by atoms with Crippen LogP contribution >= 0.6 is 22.9 Å². The van der Waals surface area contributed by atoms with Gasteiger partial charge < -0.3 is 9.80 Å². The Morgan fingerprint density at radius 1 is 0.889 bits per heavy atom. The van der Waals surface area contributed by atoms with Gasteiger partial charge in [0.1, 0.15) is 5.69 Å². The summed E-state index contributed by atoms with van der Waals surface area (Å²) in [6.07, 6.45) is 5.25.